The van der Waals surface area contributed by atoms with E-state index in [0.29, 0.717) is 0 Å². The highest BCUT2D eigenvalue weighted by molar-refractivity contribution is 8.00. The fraction of sp³-hybridized carbons (Fsp3) is 0.333. The third-order valence-corrected chi connectivity index (χ3v) is 2.84. The first-order chi connectivity index (χ1) is 7.60. The Labute approximate surface area is 96.1 Å². The molecule has 0 radical (unpaired) electrons. The average molecular weight is 239 g/mol. The Hall–Kier alpha value is -1.65. The lowest BCUT2D eigenvalue weighted by Crippen LogP contribution is -2.04. The maximum atomic E-state index is 10.8. The van der Waals surface area contributed by atoms with Gasteiger partial charge in [0.15, 0.2) is 5.03 Å². The standard InChI is InChI=1S/C9H9N3O3S/c1-6(5-13)16-9-8(12(14)15)7(4-10)2-3-11-9/h2-3,6,13H,5H2,1H3. The van der Waals surface area contributed by atoms with Gasteiger partial charge in [-0.25, -0.2) is 4.98 Å². The van der Waals surface area contributed by atoms with Gasteiger partial charge in [0.1, 0.15) is 11.6 Å². The fourth-order valence-corrected chi connectivity index (χ4v) is 1.89. The second-order valence-electron chi connectivity index (χ2n) is 2.99. The number of thioether (sulfide) groups is 1. The number of aliphatic hydroxyl groups is 1. The van der Waals surface area contributed by atoms with Gasteiger partial charge in [0.05, 0.1) is 11.5 Å². The summed E-state index contributed by atoms with van der Waals surface area (Å²) >= 11 is 1.07. The van der Waals surface area contributed by atoms with E-state index in [-0.39, 0.29) is 28.1 Å². The number of nitro groups is 1. The third kappa shape index (κ3) is 2.68. The largest absolute Gasteiger partial charge is 0.395 e. The fourth-order valence-electron chi connectivity index (χ4n) is 1.02. The van der Waals surface area contributed by atoms with Crippen molar-refractivity contribution in [3.8, 4) is 6.07 Å². The van der Waals surface area contributed by atoms with E-state index >= 15 is 0 Å². The molecule has 1 atom stereocenters. The molecule has 0 amide bonds. The minimum atomic E-state index is -0.627. The van der Waals surface area contributed by atoms with Gasteiger partial charge in [-0.1, -0.05) is 18.7 Å². The molecule has 0 saturated carbocycles. The van der Waals surface area contributed by atoms with E-state index < -0.39 is 4.92 Å². The molecule has 1 N–H and O–H groups in total. The number of pyridine rings is 1. The lowest BCUT2D eigenvalue weighted by Gasteiger charge is -2.07. The van der Waals surface area contributed by atoms with Gasteiger partial charge in [0, 0.05) is 11.4 Å². The molecule has 1 aromatic rings. The molecule has 0 saturated heterocycles. The molecule has 0 bridgehead atoms. The van der Waals surface area contributed by atoms with Crippen LogP contribution in [-0.4, -0.2) is 26.9 Å². The molecule has 1 aromatic heterocycles. The second kappa shape index (κ2) is 5.44. The number of aliphatic hydroxyl groups excluding tert-OH is 1. The summed E-state index contributed by atoms with van der Waals surface area (Å²) in [5.74, 6) is 0. The van der Waals surface area contributed by atoms with Crippen molar-refractivity contribution in [1.82, 2.24) is 4.98 Å². The van der Waals surface area contributed by atoms with Gasteiger partial charge in [0.25, 0.3) is 0 Å². The highest BCUT2D eigenvalue weighted by Crippen LogP contribution is 2.32. The molecule has 1 heterocycles. The Morgan fingerprint density at radius 3 is 3.00 bits per heavy atom. The van der Waals surface area contributed by atoms with Crippen molar-refractivity contribution in [2.24, 2.45) is 0 Å². The Balaban J connectivity index is 3.18. The first kappa shape index (κ1) is 12.4. The zero-order chi connectivity index (χ0) is 12.1. The number of aromatic nitrogens is 1. The smallest absolute Gasteiger partial charge is 0.318 e. The lowest BCUT2D eigenvalue weighted by molar-refractivity contribution is -0.388. The number of hydrogen-bond acceptors (Lipinski definition) is 6. The van der Waals surface area contributed by atoms with Gasteiger partial charge in [0.2, 0.25) is 0 Å². The van der Waals surface area contributed by atoms with Gasteiger partial charge >= 0.3 is 5.69 Å². The molecule has 0 aromatic carbocycles. The van der Waals surface area contributed by atoms with Crippen LogP contribution in [0.5, 0.6) is 0 Å². The topological polar surface area (TPSA) is 100 Å². The van der Waals surface area contributed by atoms with E-state index in [1.165, 1.54) is 12.3 Å². The van der Waals surface area contributed by atoms with Crippen molar-refractivity contribution >= 4 is 17.4 Å². The maximum absolute atomic E-state index is 10.8. The molecule has 7 heteroatoms. The Bertz CT molecular complexity index is 444. The van der Waals surface area contributed by atoms with Crippen molar-refractivity contribution in [3.63, 3.8) is 0 Å². The number of hydrogen-bond donors (Lipinski definition) is 1. The van der Waals surface area contributed by atoms with E-state index in [9.17, 15) is 10.1 Å². The molecule has 0 spiro atoms. The van der Waals surface area contributed by atoms with Crippen molar-refractivity contribution < 1.29 is 10.0 Å². The maximum Gasteiger partial charge on any atom is 0.318 e. The molecule has 1 unspecified atom stereocenters. The summed E-state index contributed by atoms with van der Waals surface area (Å²) in [6, 6.07) is 3.05. The van der Waals surface area contributed by atoms with Crippen LogP contribution in [-0.2, 0) is 0 Å². The summed E-state index contributed by atoms with van der Waals surface area (Å²) in [5.41, 5.74) is -0.317. The molecule has 0 aliphatic heterocycles. The van der Waals surface area contributed by atoms with Crippen LogP contribution in [0.2, 0.25) is 0 Å². The normalized spacial score (nSPS) is 11.8. The monoisotopic (exact) mass is 239 g/mol. The summed E-state index contributed by atoms with van der Waals surface area (Å²) in [6.07, 6.45) is 1.35. The van der Waals surface area contributed by atoms with Gasteiger partial charge in [-0.15, -0.1) is 0 Å². The molecular weight excluding hydrogens is 230 g/mol. The summed E-state index contributed by atoms with van der Waals surface area (Å²) in [5, 5.41) is 28.4. The minimum Gasteiger partial charge on any atom is -0.395 e. The zero-order valence-electron chi connectivity index (χ0n) is 8.45. The Kier molecular flexibility index (Phi) is 4.22. The van der Waals surface area contributed by atoms with E-state index in [2.05, 4.69) is 4.98 Å². The second-order valence-corrected chi connectivity index (χ2v) is 4.42. The van der Waals surface area contributed by atoms with Crippen LogP contribution in [0.4, 0.5) is 5.69 Å². The zero-order valence-corrected chi connectivity index (χ0v) is 9.27. The molecule has 16 heavy (non-hydrogen) atoms. The molecular formula is C9H9N3O3S. The SMILES string of the molecule is CC(CO)Sc1nccc(C#N)c1[N+](=O)[O-]. The predicted molar refractivity (Wildman–Crippen MR) is 58.0 cm³/mol. The van der Waals surface area contributed by atoms with Crippen LogP contribution in [0.3, 0.4) is 0 Å². The summed E-state index contributed by atoms with van der Waals surface area (Å²) < 4.78 is 0. The first-order valence-corrected chi connectivity index (χ1v) is 5.29. The number of nitriles is 1. The van der Waals surface area contributed by atoms with Crippen LogP contribution in [0.15, 0.2) is 17.3 Å². The van der Waals surface area contributed by atoms with E-state index in [1.807, 2.05) is 0 Å². The van der Waals surface area contributed by atoms with Crippen molar-refractivity contribution in [2.75, 3.05) is 6.61 Å². The molecule has 0 aliphatic rings. The number of rotatable bonds is 4. The number of nitrogens with zero attached hydrogens (tertiary/aromatic N) is 3. The van der Waals surface area contributed by atoms with Crippen LogP contribution in [0.1, 0.15) is 12.5 Å². The van der Waals surface area contributed by atoms with Crippen LogP contribution < -0.4 is 0 Å². The van der Waals surface area contributed by atoms with Crippen LogP contribution in [0, 0.1) is 21.4 Å². The van der Waals surface area contributed by atoms with E-state index in [1.54, 1.807) is 13.0 Å². The summed E-state index contributed by atoms with van der Waals surface area (Å²) in [7, 11) is 0. The quantitative estimate of drug-likeness (QED) is 0.483. The van der Waals surface area contributed by atoms with E-state index in [4.69, 9.17) is 10.4 Å². The van der Waals surface area contributed by atoms with Crippen molar-refractivity contribution in [2.45, 2.75) is 17.2 Å². The van der Waals surface area contributed by atoms with Gasteiger partial charge < -0.3 is 5.11 Å². The molecule has 6 nitrogen and oxygen atoms in total. The van der Waals surface area contributed by atoms with Crippen LogP contribution in [0.25, 0.3) is 0 Å². The van der Waals surface area contributed by atoms with E-state index in [0.717, 1.165) is 11.8 Å². The molecule has 84 valence electrons. The predicted octanol–water partition coefficient (Wildman–Crippen LogP) is 1.33. The summed E-state index contributed by atoms with van der Waals surface area (Å²) in [4.78, 5) is 14.0. The highest BCUT2D eigenvalue weighted by Gasteiger charge is 2.22. The molecule has 1 rings (SSSR count). The lowest BCUT2D eigenvalue weighted by atomic mass is 10.2. The van der Waals surface area contributed by atoms with Crippen molar-refractivity contribution in [1.29, 1.82) is 5.26 Å². The Morgan fingerprint density at radius 2 is 2.50 bits per heavy atom. The van der Waals surface area contributed by atoms with Crippen molar-refractivity contribution in [3.05, 3.63) is 27.9 Å². The van der Waals surface area contributed by atoms with Gasteiger partial charge in [-0.3, -0.25) is 10.1 Å². The first-order valence-electron chi connectivity index (χ1n) is 4.41. The van der Waals surface area contributed by atoms with Gasteiger partial charge in [-0.05, 0) is 6.07 Å². The van der Waals surface area contributed by atoms with Crippen LogP contribution >= 0.6 is 11.8 Å². The molecule has 0 fully saturated rings. The minimum absolute atomic E-state index is 0.0207. The molecule has 0 aliphatic carbocycles. The average Bonchev–Trinajstić information content (AvgIpc) is 2.28. The highest BCUT2D eigenvalue weighted by atomic mass is 32.2. The third-order valence-electron chi connectivity index (χ3n) is 1.76. The Morgan fingerprint density at radius 1 is 1.81 bits per heavy atom. The van der Waals surface area contributed by atoms with Gasteiger partial charge in [-0.2, -0.15) is 5.26 Å². The summed E-state index contributed by atoms with van der Waals surface area (Å²) in [6.45, 7) is 1.61.